The third kappa shape index (κ3) is 58.7. The Balaban J connectivity index is 4.23. The van der Waals surface area contributed by atoms with E-state index in [1.807, 2.05) is 0 Å². The van der Waals surface area contributed by atoms with Gasteiger partial charge in [-0.2, -0.15) is 0 Å². The van der Waals surface area contributed by atoms with Gasteiger partial charge in [0.05, 0.1) is 0 Å². The van der Waals surface area contributed by atoms with Crippen LogP contribution in [0.1, 0.15) is 355 Å². The van der Waals surface area contributed by atoms with Crippen molar-refractivity contribution in [1.82, 2.24) is 0 Å². The van der Waals surface area contributed by atoms with Crippen LogP contribution in [-0.4, -0.2) is 37.2 Å². The molecule has 0 heterocycles. The smallest absolute Gasteiger partial charge is 0.306 e. The minimum absolute atomic E-state index is 0.0691. The second-order valence-electron chi connectivity index (χ2n) is 21.7. The summed E-state index contributed by atoms with van der Waals surface area (Å²) in [6.07, 6.45) is 71.9. The molecule has 0 aliphatic carbocycles. The number of rotatable bonds is 59. The average molecular weight is 1000 g/mol. The highest BCUT2D eigenvalue weighted by atomic mass is 16.6. The molecule has 0 aromatic rings. The van der Waals surface area contributed by atoms with Crippen LogP contribution in [0.15, 0.2) is 24.3 Å². The lowest BCUT2D eigenvalue weighted by molar-refractivity contribution is -0.167. The van der Waals surface area contributed by atoms with Crippen LogP contribution in [0.5, 0.6) is 0 Å². The van der Waals surface area contributed by atoms with E-state index in [9.17, 15) is 14.4 Å². The first-order valence-electron chi connectivity index (χ1n) is 31.8. The molecule has 0 bridgehead atoms. The van der Waals surface area contributed by atoms with Crippen molar-refractivity contribution in [3.05, 3.63) is 24.3 Å². The highest BCUT2D eigenvalue weighted by molar-refractivity contribution is 5.71. The second-order valence-corrected chi connectivity index (χ2v) is 21.7. The van der Waals surface area contributed by atoms with Gasteiger partial charge >= 0.3 is 17.9 Å². The summed E-state index contributed by atoms with van der Waals surface area (Å²) in [5.74, 6) is -0.856. The van der Waals surface area contributed by atoms with Gasteiger partial charge in [0.25, 0.3) is 0 Å². The predicted octanol–water partition coefficient (Wildman–Crippen LogP) is 21.4. The van der Waals surface area contributed by atoms with Crippen LogP contribution >= 0.6 is 0 Å². The zero-order chi connectivity index (χ0) is 51.4. The molecule has 0 N–H and O–H groups in total. The van der Waals surface area contributed by atoms with Crippen molar-refractivity contribution in [2.45, 2.75) is 361 Å². The summed E-state index contributed by atoms with van der Waals surface area (Å²) in [5.41, 5.74) is 0. The molecule has 0 aromatic carbocycles. The largest absolute Gasteiger partial charge is 0.462 e. The fourth-order valence-corrected chi connectivity index (χ4v) is 9.60. The first kappa shape index (κ1) is 68.9. The Labute approximate surface area is 443 Å². The number of ether oxygens (including phenoxy) is 3. The zero-order valence-corrected chi connectivity index (χ0v) is 48.0. The summed E-state index contributed by atoms with van der Waals surface area (Å²) in [7, 11) is 0. The lowest BCUT2D eigenvalue weighted by atomic mass is 10.0. The fourth-order valence-electron chi connectivity index (χ4n) is 9.60. The van der Waals surface area contributed by atoms with Crippen LogP contribution in [-0.2, 0) is 28.6 Å². The molecule has 0 saturated carbocycles. The van der Waals surface area contributed by atoms with E-state index >= 15 is 0 Å². The Morgan fingerprint density at radius 3 is 0.746 bits per heavy atom. The lowest BCUT2D eigenvalue weighted by Crippen LogP contribution is -2.30. The van der Waals surface area contributed by atoms with Crippen molar-refractivity contribution in [3.8, 4) is 0 Å². The van der Waals surface area contributed by atoms with Crippen molar-refractivity contribution in [2.75, 3.05) is 13.2 Å². The number of hydrogen-bond donors (Lipinski definition) is 0. The minimum atomic E-state index is -0.771. The van der Waals surface area contributed by atoms with Crippen LogP contribution in [0.2, 0.25) is 0 Å². The molecule has 0 spiro atoms. The summed E-state index contributed by atoms with van der Waals surface area (Å²) >= 11 is 0. The van der Waals surface area contributed by atoms with Gasteiger partial charge < -0.3 is 14.2 Å². The third-order valence-electron chi connectivity index (χ3n) is 14.4. The molecule has 6 heteroatoms. The number of hydrogen-bond acceptors (Lipinski definition) is 6. The van der Waals surface area contributed by atoms with Crippen molar-refractivity contribution < 1.29 is 28.6 Å². The van der Waals surface area contributed by atoms with E-state index in [0.29, 0.717) is 19.3 Å². The Hall–Kier alpha value is -2.11. The first-order chi connectivity index (χ1) is 35.0. The van der Waals surface area contributed by atoms with Gasteiger partial charge in [-0.1, -0.05) is 295 Å². The maximum atomic E-state index is 12.9. The number of esters is 3. The fraction of sp³-hybridized carbons (Fsp3) is 0.892. The van der Waals surface area contributed by atoms with E-state index in [2.05, 4.69) is 45.1 Å². The first-order valence-corrected chi connectivity index (χ1v) is 31.8. The minimum Gasteiger partial charge on any atom is -0.462 e. The molecule has 0 radical (unpaired) electrons. The van der Waals surface area contributed by atoms with Crippen LogP contribution in [0.25, 0.3) is 0 Å². The molecule has 71 heavy (non-hydrogen) atoms. The normalized spacial score (nSPS) is 12.1. The highest BCUT2D eigenvalue weighted by Gasteiger charge is 2.19. The van der Waals surface area contributed by atoms with Gasteiger partial charge in [0, 0.05) is 19.3 Å². The summed E-state index contributed by atoms with van der Waals surface area (Å²) in [6, 6.07) is 0. The molecular formula is C65H122O6. The number of allylic oxidation sites excluding steroid dienone is 4. The second kappa shape index (κ2) is 60.4. The summed E-state index contributed by atoms with van der Waals surface area (Å²) in [4.78, 5) is 38.2. The van der Waals surface area contributed by atoms with E-state index in [0.717, 1.165) is 64.2 Å². The van der Waals surface area contributed by atoms with Gasteiger partial charge in [-0.3, -0.25) is 14.4 Å². The molecule has 0 unspecified atom stereocenters. The Morgan fingerprint density at radius 2 is 0.479 bits per heavy atom. The van der Waals surface area contributed by atoms with E-state index in [-0.39, 0.29) is 31.1 Å². The summed E-state index contributed by atoms with van der Waals surface area (Å²) in [5, 5.41) is 0. The van der Waals surface area contributed by atoms with Crippen molar-refractivity contribution >= 4 is 17.9 Å². The van der Waals surface area contributed by atoms with E-state index in [1.165, 1.54) is 250 Å². The molecule has 0 saturated heterocycles. The number of carbonyl (C=O) groups is 3. The van der Waals surface area contributed by atoms with Gasteiger partial charge in [-0.25, -0.2) is 0 Å². The zero-order valence-electron chi connectivity index (χ0n) is 48.0. The summed E-state index contributed by atoms with van der Waals surface area (Å²) in [6.45, 7) is 6.65. The molecule has 0 amide bonds. The molecule has 6 nitrogen and oxygen atoms in total. The van der Waals surface area contributed by atoms with E-state index in [4.69, 9.17) is 14.2 Å². The Kier molecular flexibility index (Phi) is 58.6. The molecule has 418 valence electrons. The molecule has 0 fully saturated rings. The van der Waals surface area contributed by atoms with Gasteiger partial charge in [-0.05, 0) is 64.2 Å². The van der Waals surface area contributed by atoms with Crippen LogP contribution in [0, 0.1) is 0 Å². The van der Waals surface area contributed by atoms with Gasteiger partial charge in [0.2, 0.25) is 0 Å². The number of carbonyl (C=O) groups excluding carboxylic acids is 3. The molecular weight excluding hydrogens is 877 g/mol. The van der Waals surface area contributed by atoms with Crippen molar-refractivity contribution in [1.29, 1.82) is 0 Å². The van der Waals surface area contributed by atoms with Gasteiger partial charge in [-0.15, -0.1) is 0 Å². The quantitative estimate of drug-likeness (QED) is 0.0261. The highest BCUT2D eigenvalue weighted by Crippen LogP contribution is 2.18. The van der Waals surface area contributed by atoms with Gasteiger partial charge in [0.15, 0.2) is 6.10 Å². The van der Waals surface area contributed by atoms with E-state index < -0.39 is 6.10 Å². The Morgan fingerprint density at radius 1 is 0.268 bits per heavy atom. The standard InChI is InChI=1S/C65H122O6/c1-4-7-10-13-16-19-22-24-26-28-30-32-34-36-38-40-43-46-49-52-55-58-64(67)70-61-62(60-69-63(66)57-54-51-48-45-42-21-18-15-12-9-6-3)71-65(68)59-56-53-50-47-44-41-39-37-35-33-31-29-27-25-23-20-17-14-11-8-5-2/h15,18,25,27,62H,4-14,16-17,19-24,26,28-61H2,1-3H3/b18-15-,27-25-/t62-/m1/s1. The lowest BCUT2D eigenvalue weighted by Gasteiger charge is -2.18. The topological polar surface area (TPSA) is 78.9 Å². The Bertz CT molecular complexity index is 1150. The molecule has 0 aliphatic rings. The van der Waals surface area contributed by atoms with Crippen LogP contribution < -0.4 is 0 Å². The van der Waals surface area contributed by atoms with Crippen molar-refractivity contribution in [3.63, 3.8) is 0 Å². The number of unbranched alkanes of at least 4 members (excludes halogenated alkanes) is 44. The molecule has 0 rings (SSSR count). The SMILES string of the molecule is CCCC/C=C\CCCCCCCC(=O)OC[C@H](COC(=O)CCCCCCCCCCCCCCCCCCCCCCC)OC(=O)CCCCCCCCCCCCC/C=C\CCCCCCCC. The average Bonchev–Trinajstić information content (AvgIpc) is 3.37. The maximum Gasteiger partial charge on any atom is 0.306 e. The molecule has 0 aliphatic heterocycles. The van der Waals surface area contributed by atoms with Crippen LogP contribution in [0.3, 0.4) is 0 Å². The monoisotopic (exact) mass is 999 g/mol. The predicted molar refractivity (Wildman–Crippen MR) is 307 cm³/mol. The van der Waals surface area contributed by atoms with Crippen LogP contribution in [0.4, 0.5) is 0 Å². The molecule has 1 atom stereocenters. The maximum absolute atomic E-state index is 12.9. The third-order valence-corrected chi connectivity index (χ3v) is 14.4. The molecule has 0 aromatic heterocycles. The summed E-state index contributed by atoms with van der Waals surface area (Å²) < 4.78 is 16.9. The van der Waals surface area contributed by atoms with E-state index in [1.54, 1.807) is 0 Å². The van der Waals surface area contributed by atoms with Crippen molar-refractivity contribution in [2.24, 2.45) is 0 Å². The van der Waals surface area contributed by atoms with Gasteiger partial charge in [0.1, 0.15) is 13.2 Å².